The molecule has 0 radical (unpaired) electrons. The van der Waals surface area contributed by atoms with Gasteiger partial charge in [0.15, 0.2) is 4.73 Å². The van der Waals surface area contributed by atoms with Crippen molar-refractivity contribution in [3.8, 4) is 5.69 Å². The van der Waals surface area contributed by atoms with E-state index < -0.39 is 0 Å². The molecule has 88 valence electrons. The first-order valence-corrected chi connectivity index (χ1v) is 6.29. The van der Waals surface area contributed by atoms with Crippen molar-refractivity contribution in [3.05, 3.63) is 45.4 Å². The zero-order valence-corrected chi connectivity index (χ0v) is 12.0. The molecule has 0 aliphatic carbocycles. The van der Waals surface area contributed by atoms with Crippen molar-refractivity contribution in [1.82, 2.24) is 9.55 Å². The summed E-state index contributed by atoms with van der Waals surface area (Å²) < 4.78 is 7.91. The molecule has 6 heteroatoms. The number of esters is 1. The monoisotopic (exact) mass is 358 g/mol. The molecule has 1 aromatic heterocycles. The summed E-state index contributed by atoms with van der Waals surface area (Å²) in [6.45, 7) is 0. The van der Waals surface area contributed by atoms with E-state index >= 15 is 0 Å². The number of hydrogen-bond acceptors (Lipinski definition) is 3. The molecule has 2 aromatic rings. The van der Waals surface area contributed by atoms with Gasteiger partial charge in [0.05, 0.1) is 12.7 Å². The number of methoxy groups -OCH3 is 1. The van der Waals surface area contributed by atoms with Gasteiger partial charge in [-0.05, 0) is 56.1 Å². The SMILES string of the molecule is COC(=O)c1ccc(-n2cc(Br)nc2Br)cc1. The smallest absolute Gasteiger partial charge is 0.337 e. The van der Waals surface area contributed by atoms with Crippen LogP contribution >= 0.6 is 31.9 Å². The lowest BCUT2D eigenvalue weighted by Crippen LogP contribution is -2.01. The van der Waals surface area contributed by atoms with Gasteiger partial charge in [-0.2, -0.15) is 0 Å². The van der Waals surface area contributed by atoms with Crippen molar-refractivity contribution in [2.75, 3.05) is 7.11 Å². The fourth-order valence-corrected chi connectivity index (χ4v) is 2.50. The highest BCUT2D eigenvalue weighted by atomic mass is 79.9. The first-order valence-electron chi connectivity index (χ1n) is 4.71. The van der Waals surface area contributed by atoms with Crippen molar-refractivity contribution < 1.29 is 9.53 Å². The van der Waals surface area contributed by atoms with Crippen molar-refractivity contribution >= 4 is 37.8 Å². The Labute approximate surface area is 115 Å². The van der Waals surface area contributed by atoms with Gasteiger partial charge in [-0.1, -0.05) is 0 Å². The van der Waals surface area contributed by atoms with Crippen molar-refractivity contribution in [3.63, 3.8) is 0 Å². The molecule has 1 aromatic carbocycles. The predicted octanol–water partition coefficient (Wildman–Crippen LogP) is 3.18. The number of halogens is 2. The first kappa shape index (κ1) is 12.3. The molecule has 0 saturated carbocycles. The lowest BCUT2D eigenvalue weighted by molar-refractivity contribution is 0.0601. The van der Waals surface area contributed by atoms with E-state index in [9.17, 15) is 4.79 Å². The van der Waals surface area contributed by atoms with E-state index in [1.165, 1.54) is 7.11 Å². The van der Waals surface area contributed by atoms with Crippen LogP contribution in [0.4, 0.5) is 0 Å². The minimum Gasteiger partial charge on any atom is -0.465 e. The second-order valence-electron chi connectivity index (χ2n) is 3.24. The van der Waals surface area contributed by atoms with Crippen LogP contribution in [0.2, 0.25) is 0 Å². The number of carbonyl (C=O) groups excluding carboxylic acids is 1. The fraction of sp³-hybridized carbons (Fsp3) is 0.0909. The van der Waals surface area contributed by atoms with Gasteiger partial charge in [0.2, 0.25) is 0 Å². The molecule has 0 N–H and O–H groups in total. The Bertz CT molecular complexity index is 549. The van der Waals surface area contributed by atoms with Crippen LogP contribution in [0.1, 0.15) is 10.4 Å². The summed E-state index contributed by atoms with van der Waals surface area (Å²) in [5, 5.41) is 0. The van der Waals surface area contributed by atoms with Gasteiger partial charge in [0.25, 0.3) is 0 Å². The average Bonchev–Trinajstić information content (AvgIpc) is 2.68. The zero-order valence-electron chi connectivity index (χ0n) is 8.85. The van der Waals surface area contributed by atoms with E-state index in [1.54, 1.807) is 12.1 Å². The van der Waals surface area contributed by atoms with Crippen LogP contribution in [-0.4, -0.2) is 22.6 Å². The first-order chi connectivity index (χ1) is 8.11. The van der Waals surface area contributed by atoms with Crippen LogP contribution in [0.3, 0.4) is 0 Å². The van der Waals surface area contributed by atoms with Gasteiger partial charge in [-0.15, -0.1) is 0 Å². The number of carbonyl (C=O) groups is 1. The third kappa shape index (κ3) is 2.58. The third-order valence-corrected chi connectivity index (χ3v) is 3.14. The Morgan fingerprint density at radius 3 is 2.41 bits per heavy atom. The number of ether oxygens (including phenoxy) is 1. The van der Waals surface area contributed by atoms with Crippen LogP contribution in [0.15, 0.2) is 39.8 Å². The quantitative estimate of drug-likeness (QED) is 0.773. The molecule has 0 bridgehead atoms. The standard InChI is InChI=1S/C11H8Br2N2O2/c1-17-10(16)7-2-4-8(5-3-7)15-6-9(12)14-11(15)13/h2-6H,1H3. The molecule has 2 rings (SSSR count). The molecule has 0 amide bonds. The van der Waals surface area contributed by atoms with E-state index in [0.717, 1.165) is 10.3 Å². The van der Waals surface area contributed by atoms with Crippen LogP contribution in [0.25, 0.3) is 5.69 Å². The highest BCUT2D eigenvalue weighted by Crippen LogP contribution is 2.20. The van der Waals surface area contributed by atoms with Crippen LogP contribution in [-0.2, 0) is 4.74 Å². The number of imidazole rings is 1. The number of benzene rings is 1. The lowest BCUT2D eigenvalue weighted by Gasteiger charge is -2.04. The molecule has 0 unspecified atom stereocenters. The van der Waals surface area contributed by atoms with Crippen molar-refractivity contribution in [2.24, 2.45) is 0 Å². The minimum absolute atomic E-state index is 0.345. The molecule has 17 heavy (non-hydrogen) atoms. The molecule has 0 atom stereocenters. The van der Waals surface area contributed by atoms with E-state index in [0.29, 0.717) is 10.3 Å². The number of aromatic nitrogens is 2. The number of nitrogens with zero attached hydrogens (tertiary/aromatic N) is 2. The maximum atomic E-state index is 11.3. The van der Waals surface area contributed by atoms with Crippen LogP contribution in [0.5, 0.6) is 0 Å². The van der Waals surface area contributed by atoms with E-state index in [-0.39, 0.29) is 5.97 Å². The molecule has 0 fully saturated rings. The molecule has 0 aliphatic rings. The topological polar surface area (TPSA) is 44.1 Å². The van der Waals surface area contributed by atoms with E-state index in [4.69, 9.17) is 0 Å². The minimum atomic E-state index is -0.345. The van der Waals surface area contributed by atoms with Crippen LogP contribution in [0, 0.1) is 0 Å². The fourth-order valence-electron chi connectivity index (χ4n) is 1.39. The number of hydrogen-bond donors (Lipinski definition) is 0. The van der Waals surface area contributed by atoms with Gasteiger partial charge in [-0.25, -0.2) is 9.78 Å². The highest BCUT2D eigenvalue weighted by Gasteiger charge is 2.08. The summed E-state index contributed by atoms with van der Waals surface area (Å²) in [6.07, 6.45) is 1.83. The summed E-state index contributed by atoms with van der Waals surface area (Å²) in [7, 11) is 1.36. The Balaban J connectivity index is 2.35. The summed E-state index contributed by atoms with van der Waals surface area (Å²) in [5.41, 5.74) is 1.43. The normalized spacial score (nSPS) is 10.3. The molecule has 1 heterocycles. The maximum Gasteiger partial charge on any atom is 0.337 e. The van der Waals surface area contributed by atoms with Gasteiger partial charge in [0, 0.05) is 11.9 Å². The van der Waals surface area contributed by atoms with Crippen molar-refractivity contribution in [1.29, 1.82) is 0 Å². The Morgan fingerprint density at radius 2 is 1.94 bits per heavy atom. The van der Waals surface area contributed by atoms with Gasteiger partial charge in [0.1, 0.15) is 4.60 Å². The molecule has 0 aliphatic heterocycles. The lowest BCUT2D eigenvalue weighted by atomic mass is 10.2. The molecule has 0 saturated heterocycles. The average molecular weight is 360 g/mol. The second-order valence-corrected chi connectivity index (χ2v) is 4.76. The summed E-state index contributed by atoms with van der Waals surface area (Å²) >= 11 is 6.64. The summed E-state index contributed by atoms with van der Waals surface area (Å²) in [6, 6.07) is 7.07. The highest BCUT2D eigenvalue weighted by molar-refractivity contribution is 9.11. The summed E-state index contributed by atoms with van der Waals surface area (Å²) in [5.74, 6) is -0.345. The van der Waals surface area contributed by atoms with E-state index in [2.05, 4.69) is 41.6 Å². The third-order valence-electron chi connectivity index (χ3n) is 2.20. The predicted molar refractivity (Wildman–Crippen MR) is 70.3 cm³/mol. The largest absolute Gasteiger partial charge is 0.465 e. The Kier molecular flexibility index (Phi) is 3.63. The molecular formula is C11H8Br2N2O2. The Hall–Kier alpha value is -1.14. The number of rotatable bonds is 2. The molecule has 4 nitrogen and oxygen atoms in total. The van der Waals surface area contributed by atoms with Crippen LogP contribution < -0.4 is 0 Å². The van der Waals surface area contributed by atoms with E-state index in [1.807, 2.05) is 22.9 Å². The summed E-state index contributed by atoms with van der Waals surface area (Å²) in [4.78, 5) is 15.4. The van der Waals surface area contributed by atoms with Gasteiger partial charge < -0.3 is 4.74 Å². The van der Waals surface area contributed by atoms with Gasteiger partial charge >= 0.3 is 5.97 Å². The van der Waals surface area contributed by atoms with Gasteiger partial charge in [-0.3, -0.25) is 4.57 Å². The molecule has 0 spiro atoms. The maximum absolute atomic E-state index is 11.3. The Morgan fingerprint density at radius 1 is 1.29 bits per heavy atom. The molecular weight excluding hydrogens is 352 g/mol. The second kappa shape index (κ2) is 5.01. The van der Waals surface area contributed by atoms with Crippen molar-refractivity contribution in [2.45, 2.75) is 0 Å². The zero-order chi connectivity index (χ0) is 12.4.